The number of guanidine groups is 1. The summed E-state index contributed by atoms with van der Waals surface area (Å²) in [6.45, 7) is 2.40. The van der Waals surface area contributed by atoms with Crippen LogP contribution in [0.1, 0.15) is 29.9 Å². The molecule has 30 heavy (non-hydrogen) atoms. The molecule has 6 heteroatoms. The van der Waals surface area contributed by atoms with Crippen molar-refractivity contribution in [2.24, 2.45) is 10.9 Å². The van der Waals surface area contributed by atoms with Crippen LogP contribution in [0.2, 0.25) is 0 Å². The van der Waals surface area contributed by atoms with E-state index in [1.165, 1.54) is 11.1 Å². The normalized spacial score (nSPS) is 23.1. The minimum atomic E-state index is 0. The van der Waals surface area contributed by atoms with Gasteiger partial charge in [0.15, 0.2) is 5.96 Å². The molecular formula is C24H31IN4O. The molecule has 4 rings (SSSR count). The Morgan fingerprint density at radius 3 is 2.50 bits per heavy atom. The van der Waals surface area contributed by atoms with Crippen molar-refractivity contribution in [2.45, 2.75) is 31.2 Å². The number of nitrogens with zero attached hydrogens (tertiary/aromatic N) is 2. The van der Waals surface area contributed by atoms with E-state index < -0.39 is 0 Å². The van der Waals surface area contributed by atoms with E-state index in [4.69, 9.17) is 0 Å². The first-order chi connectivity index (χ1) is 14.2. The number of rotatable bonds is 7. The Labute approximate surface area is 196 Å². The first kappa shape index (κ1) is 22.6. The molecule has 0 spiro atoms. The van der Waals surface area contributed by atoms with Crippen LogP contribution in [-0.4, -0.2) is 49.5 Å². The molecule has 1 heterocycles. The molecule has 1 aliphatic heterocycles. The van der Waals surface area contributed by atoms with Crippen molar-refractivity contribution in [3.8, 4) is 0 Å². The Balaban J connectivity index is 0.00000256. The van der Waals surface area contributed by atoms with Crippen LogP contribution in [0.5, 0.6) is 0 Å². The Hall–Kier alpha value is -2.09. The second-order valence-electron chi connectivity index (χ2n) is 8.10. The van der Waals surface area contributed by atoms with Crippen molar-refractivity contribution in [2.75, 3.05) is 26.7 Å². The molecular weight excluding hydrogens is 487 g/mol. The predicted octanol–water partition coefficient (Wildman–Crippen LogP) is 3.42. The van der Waals surface area contributed by atoms with Crippen LogP contribution in [-0.2, 0) is 11.2 Å². The van der Waals surface area contributed by atoms with Gasteiger partial charge in [0.05, 0.1) is 0 Å². The molecule has 1 saturated carbocycles. The third-order valence-corrected chi connectivity index (χ3v) is 5.93. The first-order valence-electron chi connectivity index (χ1n) is 10.6. The molecule has 1 aliphatic carbocycles. The molecule has 1 saturated heterocycles. The molecule has 2 aliphatic rings. The maximum absolute atomic E-state index is 12.4. The van der Waals surface area contributed by atoms with Crippen molar-refractivity contribution in [1.29, 1.82) is 0 Å². The molecule has 1 amide bonds. The lowest BCUT2D eigenvalue weighted by atomic mass is 10.1. The summed E-state index contributed by atoms with van der Waals surface area (Å²) in [4.78, 5) is 18.7. The summed E-state index contributed by atoms with van der Waals surface area (Å²) in [6, 6.07) is 21.4. The van der Waals surface area contributed by atoms with Gasteiger partial charge in [-0.15, -0.1) is 24.0 Å². The summed E-state index contributed by atoms with van der Waals surface area (Å²) in [5, 5.41) is 6.95. The van der Waals surface area contributed by atoms with Crippen molar-refractivity contribution < 1.29 is 4.79 Å². The van der Waals surface area contributed by atoms with Gasteiger partial charge in [-0.2, -0.15) is 0 Å². The average Bonchev–Trinajstić information content (AvgIpc) is 3.45. The van der Waals surface area contributed by atoms with Crippen LogP contribution >= 0.6 is 24.0 Å². The van der Waals surface area contributed by atoms with Gasteiger partial charge in [-0.25, -0.2) is 0 Å². The van der Waals surface area contributed by atoms with Gasteiger partial charge in [0.2, 0.25) is 5.91 Å². The van der Waals surface area contributed by atoms with Crippen LogP contribution in [0, 0.1) is 5.92 Å². The number of hydrogen-bond acceptors (Lipinski definition) is 2. The molecule has 0 radical (unpaired) electrons. The second-order valence-corrected chi connectivity index (χ2v) is 8.10. The molecule has 0 aromatic heterocycles. The van der Waals surface area contributed by atoms with Gasteiger partial charge in [-0.3, -0.25) is 9.79 Å². The van der Waals surface area contributed by atoms with Crippen molar-refractivity contribution >= 4 is 35.8 Å². The number of carbonyl (C=O) groups is 1. The molecule has 2 aromatic carbocycles. The fourth-order valence-electron chi connectivity index (χ4n) is 4.15. The van der Waals surface area contributed by atoms with E-state index in [0.717, 1.165) is 38.4 Å². The highest BCUT2D eigenvalue weighted by molar-refractivity contribution is 14.0. The minimum Gasteiger partial charge on any atom is -0.356 e. The molecule has 2 fully saturated rings. The van der Waals surface area contributed by atoms with E-state index in [0.29, 0.717) is 24.3 Å². The highest BCUT2D eigenvalue weighted by Gasteiger charge is 2.39. The van der Waals surface area contributed by atoms with Gasteiger partial charge < -0.3 is 15.5 Å². The molecule has 2 N–H and O–H groups in total. The number of nitrogens with one attached hydrogen (secondary N) is 2. The Kier molecular flexibility index (Phi) is 8.13. The lowest BCUT2D eigenvalue weighted by Crippen LogP contribution is -2.41. The fraction of sp³-hybridized carbons (Fsp3) is 0.417. The average molecular weight is 518 g/mol. The zero-order valence-electron chi connectivity index (χ0n) is 17.5. The Morgan fingerprint density at radius 1 is 1.10 bits per heavy atom. The highest BCUT2D eigenvalue weighted by Crippen LogP contribution is 2.40. The van der Waals surface area contributed by atoms with Crippen molar-refractivity contribution in [1.82, 2.24) is 15.5 Å². The summed E-state index contributed by atoms with van der Waals surface area (Å²) in [5.74, 6) is 2.00. The van der Waals surface area contributed by atoms with Gasteiger partial charge in [0.25, 0.3) is 0 Å². The SMILES string of the molecule is CN=C(NCC1CC(=O)N(CCc2ccccc2)C1)NC1CC1c1ccccc1.I. The number of halogens is 1. The lowest BCUT2D eigenvalue weighted by molar-refractivity contribution is -0.127. The van der Waals surface area contributed by atoms with E-state index >= 15 is 0 Å². The minimum absolute atomic E-state index is 0. The quantitative estimate of drug-likeness (QED) is 0.336. The maximum atomic E-state index is 12.4. The summed E-state index contributed by atoms with van der Waals surface area (Å²) >= 11 is 0. The molecule has 3 unspecified atom stereocenters. The highest BCUT2D eigenvalue weighted by atomic mass is 127. The number of hydrogen-bond donors (Lipinski definition) is 2. The zero-order valence-corrected chi connectivity index (χ0v) is 19.8. The molecule has 0 bridgehead atoms. The first-order valence-corrected chi connectivity index (χ1v) is 10.6. The zero-order chi connectivity index (χ0) is 20.1. The summed E-state index contributed by atoms with van der Waals surface area (Å²) in [6.07, 6.45) is 2.67. The van der Waals surface area contributed by atoms with Gasteiger partial charge in [0.1, 0.15) is 0 Å². The number of benzene rings is 2. The summed E-state index contributed by atoms with van der Waals surface area (Å²) < 4.78 is 0. The van der Waals surface area contributed by atoms with Gasteiger partial charge >= 0.3 is 0 Å². The number of amides is 1. The predicted molar refractivity (Wildman–Crippen MR) is 132 cm³/mol. The van der Waals surface area contributed by atoms with E-state index in [1.807, 2.05) is 11.0 Å². The van der Waals surface area contributed by atoms with E-state index in [-0.39, 0.29) is 29.9 Å². The smallest absolute Gasteiger partial charge is 0.223 e. The maximum Gasteiger partial charge on any atom is 0.223 e. The summed E-state index contributed by atoms with van der Waals surface area (Å²) in [7, 11) is 1.81. The fourth-order valence-corrected chi connectivity index (χ4v) is 4.15. The Morgan fingerprint density at radius 2 is 1.80 bits per heavy atom. The standard InChI is InChI=1S/C24H30N4O.HI/c1-25-24(27-22-15-21(22)20-10-6-3-7-11-20)26-16-19-14-23(29)28(17-19)13-12-18-8-4-2-5-9-18;/h2-11,19,21-22H,12-17H2,1H3,(H2,25,26,27);1H. The lowest BCUT2D eigenvalue weighted by Gasteiger charge is -2.18. The van der Waals surface area contributed by atoms with Gasteiger partial charge in [0, 0.05) is 51.0 Å². The second kappa shape index (κ2) is 10.8. The number of likely N-dealkylation sites (tertiary alicyclic amines) is 1. The van der Waals surface area contributed by atoms with Gasteiger partial charge in [-0.1, -0.05) is 60.7 Å². The largest absolute Gasteiger partial charge is 0.356 e. The molecule has 160 valence electrons. The number of aliphatic imine (C=N–C) groups is 1. The van der Waals surface area contributed by atoms with Crippen LogP contribution in [0.25, 0.3) is 0 Å². The topological polar surface area (TPSA) is 56.7 Å². The third-order valence-electron chi connectivity index (χ3n) is 5.93. The van der Waals surface area contributed by atoms with Crippen molar-refractivity contribution in [3.05, 3.63) is 71.8 Å². The van der Waals surface area contributed by atoms with Crippen LogP contribution < -0.4 is 10.6 Å². The van der Waals surface area contributed by atoms with E-state index in [9.17, 15) is 4.79 Å². The molecule has 2 aromatic rings. The monoisotopic (exact) mass is 518 g/mol. The molecule has 5 nitrogen and oxygen atoms in total. The van der Waals surface area contributed by atoms with Crippen LogP contribution in [0.3, 0.4) is 0 Å². The van der Waals surface area contributed by atoms with Crippen molar-refractivity contribution in [3.63, 3.8) is 0 Å². The van der Waals surface area contributed by atoms with Crippen LogP contribution in [0.15, 0.2) is 65.7 Å². The van der Waals surface area contributed by atoms with E-state index in [1.54, 1.807) is 7.05 Å². The summed E-state index contributed by atoms with van der Waals surface area (Å²) in [5.41, 5.74) is 2.67. The van der Waals surface area contributed by atoms with Crippen LogP contribution in [0.4, 0.5) is 0 Å². The van der Waals surface area contributed by atoms with Gasteiger partial charge in [-0.05, 0) is 24.0 Å². The third kappa shape index (κ3) is 5.97. The van der Waals surface area contributed by atoms with E-state index in [2.05, 4.69) is 70.2 Å². The Bertz CT molecular complexity index is 843. The molecule has 3 atom stereocenters. The number of carbonyl (C=O) groups excluding carboxylic acids is 1.